The van der Waals surface area contributed by atoms with Crippen molar-refractivity contribution in [3.63, 3.8) is 0 Å². The number of alkyl halides is 3. The summed E-state index contributed by atoms with van der Waals surface area (Å²) in [6.07, 6.45) is 0.365. The number of nitrogens with one attached hydrogen (secondary N) is 1. The molecule has 4 heterocycles. The van der Waals surface area contributed by atoms with Crippen LogP contribution in [0.2, 0.25) is 5.02 Å². The third-order valence-corrected chi connectivity index (χ3v) is 9.38. The maximum absolute atomic E-state index is 14.2. The maximum Gasteiger partial charge on any atom is 0.435 e. The minimum atomic E-state index is -4.83. The monoisotopic (exact) mass is 773 g/mol. The first-order chi connectivity index (χ1) is 25.7. The molecule has 0 aliphatic carbocycles. The van der Waals surface area contributed by atoms with Crippen LogP contribution in [0.3, 0.4) is 0 Å². The fraction of sp³-hybridized carbons (Fsp3) is 0.444. The van der Waals surface area contributed by atoms with Crippen LogP contribution in [0.1, 0.15) is 46.4 Å². The van der Waals surface area contributed by atoms with Crippen molar-refractivity contribution in [2.24, 2.45) is 13.0 Å². The highest BCUT2D eigenvalue weighted by molar-refractivity contribution is 6.34. The van der Waals surface area contributed by atoms with Crippen molar-refractivity contribution < 1.29 is 37.0 Å². The van der Waals surface area contributed by atoms with E-state index in [0.717, 1.165) is 36.5 Å². The normalized spacial score (nSPS) is 14.0. The fourth-order valence-electron chi connectivity index (χ4n) is 6.02. The second kappa shape index (κ2) is 17.4. The molecule has 1 unspecified atom stereocenters. The second-order valence-electron chi connectivity index (χ2n) is 13.0. The molecule has 1 saturated heterocycles. The van der Waals surface area contributed by atoms with Crippen LogP contribution in [0.15, 0.2) is 48.9 Å². The molecular weight excluding hydrogens is 731 g/mol. The molecule has 0 saturated carbocycles. The van der Waals surface area contributed by atoms with Gasteiger partial charge in [0.25, 0.3) is 11.8 Å². The smallest absolute Gasteiger partial charge is 0.435 e. The molecule has 1 atom stereocenters. The molecule has 5 rings (SSSR count). The number of rotatable bonds is 14. The largest absolute Gasteiger partial charge is 0.490 e. The zero-order chi connectivity index (χ0) is 39.2. The molecule has 0 bridgehead atoms. The summed E-state index contributed by atoms with van der Waals surface area (Å²) in [4.78, 5) is 53.6. The van der Waals surface area contributed by atoms with Crippen molar-refractivity contribution >= 4 is 35.0 Å². The summed E-state index contributed by atoms with van der Waals surface area (Å²) in [5, 5.41) is 6.50. The van der Waals surface area contributed by atoms with Gasteiger partial charge in [-0.05, 0) is 63.8 Å². The van der Waals surface area contributed by atoms with Gasteiger partial charge in [0.05, 0.1) is 40.8 Å². The quantitative estimate of drug-likeness (QED) is 0.178. The SMILES string of the molecule is CCC(CCN(C)C)C(=O)N1CCN(C(=O)c2ccc(NC(=O)c3ncc(-c4cn(-c5ccc(OCCOC)cn5)nc4C(F)(F)F)n3C)cc2Cl)CC1. The number of pyridine rings is 1. The Morgan fingerprint density at radius 2 is 1.74 bits per heavy atom. The zero-order valence-corrected chi connectivity index (χ0v) is 31.4. The number of aromatic nitrogens is 5. The first-order valence-corrected chi connectivity index (χ1v) is 17.7. The predicted octanol–water partition coefficient (Wildman–Crippen LogP) is 4.88. The highest BCUT2D eigenvalue weighted by atomic mass is 35.5. The van der Waals surface area contributed by atoms with Crippen molar-refractivity contribution in [3.05, 3.63) is 71.0 Å². The lowest BCUT2D eigenvalue weighted by Crippen LogP contribution is -2.52. The molecular formula is C36H43ClF3N9O5. The van der Waals surface area contributed by atoms with Crippen LogP contribution in [-0.4, -0.2) is 124 Å². The number of hydrogen-bond acceptors (Lipinski definition) is 9. The summed E-state index contributed by atoms with van der Waals surface area (Å²) in [5.41, 5.74) is -1.05. The van der Waals surface area contributed by atoms with E-state index < -0.39 is 17.8 Å². The number of ether oxygens (including phenoxy) is 2. The Labute approximate surface area is 315 Å². The van der Waals surface area contributed by atoms with E-state index in [9.17, 15) is 27.6 Å². The number of nitrogens with zero attached hydrogens (tertiary/aromatic N) is 8. The van der Waals surface area contributed by atoms with Crippen LogP contribution in [-0.2, 0) is 22.8 Å². The predicted molar refractivity (Wildman–Crippen MR) is 195 cm³/mol. The lowest BCUT2D eigenvalue weighted by Gasteiger charge is -2.36. The molecule has 1 fully saturated rings. The number of methoxy groups -OCH3 is 1. The second-order valence-corrected chi connectivity index (χ2v) is 13.4. The lowest BCUT2D eigenvalue weighted by molar-refractivity contribution is -0.141. The minimum Gasteiger partial charge on any atom is -0.490 e. The van der Waals surface area contributed by atoms with Crippen LogP contribution in [0, 0.1) is 5.92 Å². The van der Waals surface area contributed by atoms with Crippen LogP contribution in [0.5, 0.6) is 5.75 Å². The average Bonchev–Trinajstić information content (AvgIpc) is 3.76. The fourth-order valence-corrected chi connectivity index (χ4v) is 6.28. The van der Waals surface area contributed by atoms with E-state index in [4.69, 9.17) is 21.1 Å². The number of imidazole rings is 1. The van der Waals surface area contributed by atoms with Gasteiger partial charge in [-0.15, -0.1) is 0 Å². The molecule has 3 amide bonds. The summed E-state index contributed by atoms with van der Waals surface area (Å²) >= 11 is 6.52. The highest BCUT2D eigenvalue weighted by Gasteiger charge is 2.39. The number of carbonyl (C=O) groups excluding carboxylic acids is 3. The van der Waals surface area contributed by atoms with Gasteiger partial charge in [0, 0.05) is 58.1 Å². The minimum absolute atomic E-state index is 0.0159. The first-order valence-electron chi connectivity index (χ1n) is 17.3. The van der Waals surface area contributed by atoms with Gasteiger partial charge in [-0.3, -0.25) is 14.4 Å². The third-order valence-electron chi connectivity index (χ3n) is 9.06. The number of benzene rings is 1. The van der Waals surface area contributed by atoms with Crippen molar-refractivity contribution in [2.45, 2.75) is 25.9 Å². The number of piperazine rings is 1. The van der Waals surface area contributed by atoms with Gasteiger partial charge in [-0.25, -0.2) is 14.6 Å². The first kappa shape index (κ1) is 40.2. The van der Waals surface area contributed by atoms with Gasteiger partial charge in [-0.2, -0.15) is 18.3 Å². The number of amides is 3. The van der Waals surface area contributed by atoms with Crippen LogP contribution < -0.4 is 10.1 Å². The summed E-state index contributed by atoms with van der Waals surface area (Å²) < 4.78 is 55.1. The van der Waals surface area contributed by atoms with Gasteiger partial charge in [0.15, 0.2) is 17.3 Å². The van der Waals surface area contributed by atoms with Crippen LogP contribution in [0.25, 0.3) is 17.1 Å². The van der Waals surface area contributed by atoms with Gasteiger partial charge in [0.1, 0.15) is 12.4 Å². The van der Waals surface area contributed by atoms with E-state index in [1.807, 2.05) is 25.9 Å². The van der Waals surface area contributed by atoms with E-state index in [-0.39, 0.29) is 63.5 Å². The summed E-state index contributed by atoms with van der Waals surface area (Å²) in [6.45, 7) is 4.99. The number of carbonyl (C=O) groups is 3. The number of anilines is 1. The van der Waals surface area contributed by atoms with Crippen molar-refractivity contribution in [1.29, 1.82) is 0 Å². The van der Waals surface area contributed by atoms with E-state index >= 15 is 0 Å². The molecule has 18 heteroatoms. The Kier molecular flexibility index (Phi) is 13.0. The summed E-state index contributed by atoms with van der Waals surface area (Å²) in [6, 6.07) is 7.43. The average molecular weight is 774 g/mol. The third kappa shape index (κ3) is 9.37. The molecule has 0 spiro atoms. The highest BCUT2D eigenvalue weighted by Crippen LogP contribution is 2.37. The molecule has 54 heavy (non-hydrogen) atoms. The maximum atomic E-state index is 14.2. The van der Waals surface area contributed by atoms with Gasteiger partial charge in [0.2, 0.25) is 5.91 Å². The molecule has 290 valence electrons. The topological polar surface area (TPSA) is 140 Å². The summed E-state index contributed by atoms with van der Waals surface area (Å²) in [5.74, 6) is -0.661. The van der Waals surface area contributed by atoms with Gasteiger partial charge >= 0.3 is 6.18 Å². The van der Waals surface area contributed by atoms with E-state index in [0.29, 0.717) is 38.5 Å². The van der Waals surface area contributed by atoms with Crippen LogP contribution in [0.4, 0.5) is 18.9 Å². The van der Waals surface area contributed by atoms with Gasteiger partial charge < -0.3 is 34.1 Å². The van der Waals surface area contributed by atoms with E-state index in [1.165, 1.54) is 49.2 Å². The molecule has 1 aromatic carbocycles. The standard InChI is InChI=1S/C36H43ClF3N9O5/c1-6-23(11-12-45(2)3)34(51)47-13-15-48(16-14-47)35(52)26-9-7-24(19-28(26)37)43-33(50)32-42-21-29(46(32)4)27-22-49(44-31(27)36(38,39)40)30-10-8-25(20-41-30)54-18-17-53-5/h7-10,19-23H,6,11-18H2,1-5H3,(H,43,50). The number of hydrogen-bond donors (Lipinski definition) is 1. The van der Waals surface area contributed by atoms with Gasteiger partial charge in [-0.1, -0.05) is 18.5 Å². The van der Waals surface area contributed by atoms with E-state index in [2.05, 4.69) is 25.3 Å². The molecule has 1 aliphatic rings. The molecule has 0 radical (unpaired) electrons. The molecule has 4 aromatic rings. The van der Waals surface area contributed by atoms with Crippen molar-refractivity contribution in [1.82, 2.24) is 39.0 Å². The zero-order valence-electron chi connectivity index (χ0n) is 30.7. The lowest BCUT2D eigenvalue weighted by atomic mass is 10.00. The molecule has 14 nitrogen and oxygen atoms in total. The Hall–Kier alpha value is -5.00. The molecule has 1 aliphatic heterocycles. The Balaban J connectivity index is 1.25. The Morgan fingerprint density at radius 1 is 1.02 bits per heavy atom. The molecule has 3 aromatic heterocycles. The number of halogens is 4. The summed E-state index contributed by atoms with van der Waals surface area (Å²) in [7, 11) is 6.89. The van der Waals surface area contributed by atoms with Crippen molar-refractivity contribution in [2.75, 3.05) is 72.5 Å². The van der Waals surface area contributed by atoms with Crippen molar-refractivity contribution in [3.8, 4) is 22.8 Å². The Morgan fingerprint density at radius 3 is 2.35 bits per heavy atom. The molecule has 1 N–H and O–H groups in total. The Bertz CT molecular complexity index is 1940. The van der Waals surface area contributed by atoms with E-state index in [1.54, 1.807) is 11.0 Å². The van der Waals surface area contributed by atoms with Crippen LogP contribution >= 0.6 is 11.6 Å².